The van der Waals surface area contributed by atoms with Gasteiger partial charge in [-0.1, -0.05) is 0 Å². The molecular weight excluding hydrogens is 298 g/mol. The van der Waals surface area contributed by atoms with Crippen molar-refractivity contribution >= 4 is 17.2 Å². The number of aryl methyl sites for hydroxylation is 2. The van der Waals surface area contributed by atoms with Gasteiger partial charge in [-0.3, -0.25) is 4.79 Å². The van der Waals surface area contributed by atoms with Gasteiger partial charge in [0.15, 0.2) is 0 Å². The van der Waals surface area contributed by atoms with E-state index in [4.69, 9.17) is 4.42 Å². The van der Waals surface area contributed by atoms with Gasteiger partial charge in [-0.15, -0.1) is 11.3 Å². The second-order valence-electron chi connectivity index (χ2n) is 5.62. The lowest BCUT2D eigenvalue weighted by Crippen LogP contribution is -2.33. The molecule has 2 heterocycles. The van der Waals surface area contributed by atoms with E-state index in [0.29, 0.717) is 18.6 Å². The molecule has 120 valence electrons. The lowest BCUT2D eigenvalue weighted by Gasteiger charge is -2.16. The van der Waals surface area contributed by atoms with E-state index in [2.05, 4.69) is 23.7 Å². The molecule has 0 aliphatic carbocycles. The molecule has 0 aromatic carbocycles. The first-order valence-corrected chi connectivity index (χ1v) is 8.48. The summed E-state index contributed by atoms with van der Waals surface area (Å²) < 4.78 is 5.16. The van der Waals surface area contributed by atoms with Crippen molar-refractivity contribution in [2.75, 3.05) is 0 Å². The molecule has 4 nitrogen and oxygen atoms in total. The van der Waals surface area contributed by atoms with E-state index in [1.54, 1.807) is 23.5 Å². The maximum absolute atomic E-state index is 11.9. The Morgan fingerprint density at radius 3 is 2.91 bits per heavy atom. The van der Waals surface area contributed by atoms with Gasteiger partial charge in [0.05, 0.1) is 6.26 Å². The van der Waals surface area contributed by atoms with Crippen LogP contribution in [0.25, 0.3) is 0 Å². The van der Waals surface area contributed by atoms with Crippen molar-refractivity contribution < 1.29 is 14.3 Å². The zero-order valence-electron chi connectivity index (χ0n) is 13.0. The molecule has 2 rings (SSSR count). The van der Waals surface area contributed by atoms with Crippen LogP contribution in [-0.2, 0) is 11.2 Å². The number of nitrogens with one attached hydrogen (secondary N) is 1. The zero-order chi connectivity index (χ0) is 15.9. The lowest BCUT2D eigenvalue weighted by atomic mass is 10.1. The van der Waals surface area contributed by atoms with Crippen molar-refractivity contribution in [1.29, 1.82) is 0 Å². The van der Waals surface area contributed by atoms with E-state index in [0.717, 1.165) is 12.8 Å². The number of aliphatic hydroxyl groups excluding tert-OH is 1. The molecule has 0 radical (unpaired) electrons. The lowest BCUT2D eigenvalue weighted by molar-refractivity contribution is -0.121. The van der Waals surface area contributed by atoms with Gasteiger partial charge in [-0.05, 0) is 55.8 Å². The van der Waals surface area contributed by atoms with Gasteiger partial charge < -0.3 is 14.8 Å². The smallest absolute Gasteiger partial charge is 0.220 e. The maximum atomic E-state index is 11.9. The molecule has 0 saturated heterocycles. The Kier molecular flexibility index (Phi) is 6.21. The molecular formula is C17H23NO3S. The van der Waals surface area contributed by atoms with Gasteiger partial charge in [-0.25, -0.2) is 0 Å². The second-order valence-corrected chi connectivity index (χ2v) is 6.62. The Balaban J connectivity index is 1.67. The average molecular weight is 321 g/mol. The Morgan fingerprint density at radius 2 is 2.27 bits per heavy atom. The van der Waals surface area contributed by atoms with Crippen LogP contribution in [0.2, 0.25) is 0 Å². The first kappa shape index (κ1) is 16.8. The van der Waals surface area contributed by atoms with Crippen molar-refractivity contribution in [1.82, 2.24) is 5.32 Å². The molecule has 0 spiro atoms. The molecule has 2 atom stereocenters. The van der Waals surface area contributed by atoms with E-state index in [-0.39, 0.29) is 11.9 Å². The SMILES string of the molecule is Cc1ccsc1CCCC(=O)NC(C)CC(O)c1ccco1. The minimum atomic E-state index is -0.681. The third kappa shape index (κ3) is 5.00. The third-order valence-electron chi connectivity index (χ3n) is 3.63. The average Bonchev–Trinajstić information content (AvgIpc) is 3.10. The van der Waals surface area contributed by atoms with Gasteiger partial charge in [-0.2, -0.15) is 0 Å². The van der Waals surface area contributed by atoms with Crippen LogP contribution in [-0.4, -0.2) is 17.1 Å². The van der Waals surface area contributed by atoms with Crippen molar-refractivity contribution in [2.45, 2.75) is 51.7 Å². The zero-order valence-corrected chi connectivity index (χ0v) is 13.9. The van der Waals surface area contributed by atoms with Crippen LogP contribution < -0.4 is 5.32 Å². The molecule has 0 fully saturated rings. The summed E-state index contributed by atoms with van der Waals surface area (Å²) in [5.41, 5.74) is 1.31. The Bertz CT molecular complexity index is 577. The number of carbonyl (C=O) groups excluding carboxylic acids is 1. The molecule has 2 N–H and O–H groups in total. The topological polar surface area (TPSA) is 62.5 Å². The van der Waals surface area contributed by atoms with E-state index < -0.39 is 6.10 Å². The van der Waals surface area contributed by atoms with Gasteiger partial charge in [0.25, 0.3) is 0 Å². The maximum Gasteiger partial charge on any atom is 0.220 e. The highest BCUT2D eigenvalue weighted by Crippen LogP contribution is 2.19. The van der Waals surface area contributed by atoms with Gasteiger partial charge in [0.1, 0.15) is 11.9 Å². The fourth-order valence-corrected chi connectivity index (χ4v) is 3.36. The second kappa shape index (κ2) is 8.15. The standard InChI is InChI=1S/C17H23NO3S/c1-12-8-10-22-16(12)6-3-7-17(20)18-13(2)11-14(19)15-5-4-9-21-15/h4-5,8-10,13-14,19H,3,6-7,11H2,1-2H3,(H,18,20). The molecule has 2 unspecified atom stereocenters. The number of amides is 1. The van der Waals surface area contributed by atoms with Crippen LogP contribution >= 0.6 is 11.3 Å². The molecule has 22 heavy (non-hydrogen) atoms. The first-order chi connectivity index (χ1) is 10.6. The Labute approximate surface area is 135 Å². The number of rotatable bonds is 8. The van der Waals surface area contributed by atoms with Crippen LogP contribution in [0.3, 0.4) is 0 Å². The van der Waals surface area contributed by atoms with Crippen LogP contribution in [0, 0.1) is 6.92 Å². The number of hydrogen-bond donors (Lipinski definition) is 2. The van der Waals surface area contributed by atoms with Crippen molar-refractivity contribution in [2.24, 2.45) is 0 Å². The molecule has 0 bridgehead atoms. The summed E-state index contributed by atoms with van der Waals surface area (Å²) in [5.74, 6) is 0.572. The summed E-state index contributed by atoms with van der Waals surface area (Å²) in [7, 11) is 0. The molecule has 0 saturated carbocycles. The highest BCUT2D eigenvalue weighted by atomic mass is 32.1. The molecule has 0 aliphatic rings. The van der Waals surface area contributed by atoms with E-state index in [1.165, 1.54) is 16.7 Å². The minimum absolute atomic E-state index is 0.0355. The summed E-state index contributed by atoms with van der Waals surface area (Å²) in [5, 5.41) is 15.0. The van der Waals surface area contributed by atoms with Crippen LogP contribution in [0.15, 0.2) is 34.3 Å². The van der Waals surface area contributed by atoms with Crippen molar-refractivity contribution in [3.05, 3.63) is 46.0 Å². The highest BCUT2D eigenvalue weighted by Gasteiger charge is 2.16. The minimum Gasteiger partial charge on any atom is -0.467 e. The summed E-state index contributed by atoms with van der Waals surface area (Å²) in [6, 6.07) is 5.51. The van der Waals surface area contributed by atoms with E-state index in [9.17, 15) is 9.90 Å². The summed E-state index contributed by atoms with van der Waals surface area (Å²) in [6.45, 7) is 4.00. The number of hydrogen-bond acceptors (Lipinski definition) is 4. The van der Waals surface area contributed by atoms with Crippen LogP contribution in [0.1, 0.15) is 48.5 Å². The van der Waals surface area contributed by atoms with Gasteiger partial charge in [0, 0.05) is 23.8 Å². The summed E-state index contributed by atoms with van der Waals surface area (Å²) >= 11 is 1.75. The summed E-state index contributed by atoms with van der Waals surface area (Å²) in [4.78, 5) is 13.3. The number of thiophene rings is 1. The third-order valence-corrected chi connectivity index (χ3v) is 4.71. The fraction of sp³-hybridized carbons (Fsp3) is 0.471. The van der Waals surface area contributed by atoms with Crippen LogP contribution in [0.5, 0.6) is 0 Å². The predicted molar refractivity (Wildman–Crippen MR) is 87.9 cm³/mol. The number of carbonyl (C=O) groups is 1. The normalized spacial score (nSPS) is 13.8. The number of aliphatic hydroxyl groups is 1. The molecule has 1 amide bonds. The van der Waals surface area contributed by atoms with Crippen molar-refractivity contribution in [3.8, 4) is 0 Å². The Hall–Kier alpha value is -1.59. The predicted octanol–water partition coefficient (Wildman–Crippen LogP) is 3.60. The number of furan rings is 1. The molecule has 2 aromatic heterocycles. The van der Waals surface area contributed by atoms with Crippen LogP contribution in [0.4, 0.5) is 0 Å². The van der Waals surface area contributed by atoms with Gasteiger partial charge in [0.2, 0.25) is 5.91 Å². The molecule has 0 aliphatic heterocycles. The Morgan fingerprint density at radius 1 is 1.45 bits per heavy atom. The highest BCUT2D eigenvalue weighted by molar-refractivity contribution is 7.10. The monoisotopic (exact) mass is 321 g/mol. The van der Waals surface area contributed by atoms with Crippen molar-refractivity contribution in [3.63, 3.8) is 0 Å². The largest absolute Gasteiger partial charge is 0.467 e. The molecule has 2 aromatic rings. The van der Waals surface area contributed by atoms with E-state index in [1.807, 2.05) is 6.92 Å². The van der Waals surface area contributed by atoms with E-state index >= 15 is 0 Å². The quantitative estimate of drug-likeness (QED) is 0.781. The summed E-state index contributed by atoms with van der Waals surface area (Å²) in [6.07, 6.45) is 3.61. The fourth-order valence-electron chi connectivity index (χ4n) is 2.41. The van der Waals surface area contributed by atoms with Gasteiger partial charge >= 0.3 is 0 Å². The first-order valence-electron chi connectivity index (χ1n) is 7.60. The molecule has 5 heteroatoms.